The van der Waals surface area contributed by atoms with E-state index in [-0.39, 0.29) is 5.69 Å². The van der Waals surface area contributed by atoms with Crippen molar-refractivity contribution in [2.45, 2.75) is 19.8 Å². The molecule has 1 unspecified atom stereocenters. The number of nitro groups is 1. The lowest BCUT2D eigenvalue weighted by molar-refractivity contribution is -0.385. The predicted molar refractivity (Wildman–Crippen MR) is 54.4 cm³/mol. The number of fused-ring (bicyclic) bond motifs is 1. The lowest BCUT2D eigenvalue weighted by Crippen LogP contribution is -2.37. The van der Waals surface area contributed by atoms with Gasteiger partial charge in [-0.2, -0.15) is 0 Å². The van der Waals surface area contributed by atoms with Crippen molar-refractivity contribution in [3.63, 3.8) is 0 Å². The predicted octanol–water partition coefficient (Wildman–Crippen LogP) is 2.08. The van der Waals surface area contributed by atoms with Crippen LogP contribution in [0, 0.1) is 10.1 Å². The fraction of sp³-hybridized carbons (Fsp3) is 0.400. The highest BCUT2D eigenvalue weighted by atomic mass is 16.9. The molecule has 6 nitrogen and oxygen atoms in total. The second-order valence-corrected chi connectivity index (χ2v) is 3.39. The number of nitrogens with zero attached hydrogens (tertiary/aromatic N) is 1. The van der Waals surface area contributed by atoms with Crippen molar-refractivity contribution in [3.05, 3.63) is 28.3 Å². The molecule has 1 aliphatic heterocycles. The van der Waals surface area contributed by atoms with Gasteiger partial charge in [-0.1, -0.05) is 0 Å². The zero-order chi connectivity index (χ0) is 11.8. The smallest absolute Gasteiger partial charge is 0.368 e. The molecule has 0 saturated heterocycles. The number of non-ortho nitro benzene ring substituents is 1. The van der Waals surface area contributed by atoms with Gasteiger partial charge in [-0.05, 0) is 13.0 Å². The highest BCUT2D eigenvalue weighted by Crippen LogP contribution is 2.41. The highest BCUT2D eigenvalue weighted by Gasteiger charge is 2.38. The Morgan fingerprint density at radius 1 is 1.44 bits per heavy atom. The minimum atomic E-state index is -1.19. The highest BCUT2D eigenvalue weighted by molar-refractivity contribution is 5.50. The van der Waals surface area contributed by atoms with E-state index in [1.165, 1.54) is 18.2 Å². The first-order valence-electron chi connectivity index (χ1n) is 4.84. The van der Waals surface area contributed by atoms with Crippen molar-refractivity contribution < 1.29 is 19.1 Å². The van der Waals surface area contributed by atoms with Gasteiger partial charge < -0.3 is 14.2 Å². The Kier molecular flexibility index (Phi) is 2.43. The monoisotopic (exact) mass is 225 g/mol. The van der Waals surface area contributed by atoms with E-state index in [0.29, 0.717) is 18.1 Å². The Bertz CT molecular complexity index is 433. The van der Waals surface area contributed by atoms with Crippen LogP contribution in [-0.2, 0) is 4.74 Å². The molecule has 0 spiro atoms. The Morgan fingerprint density at radius 3 is 2.75 bits per heavy atom. The van der Waals surface area contributed by atoms with Crippen LogP contribution in [0.4, 0.5) is 5.69 Å². The van der Waals surface area contributed by atoms with Gasteiger partial charge in [0.2, 0.25) is 0 Å². The van der Waals surface area contributed by atoms with Gasteiger partial charge in [0.15, 0.2) is 11.5 Å². The van der Waals surface area contributed by atoms with Gasteiger partial charge in [-0.3, -0.25) is 10.1 Å². The molecule has 0 amide bonds. The van der Waals surface area contributed by atoms with Crippen LogP contribution in [0.25, 0.3) is 0 Å². The summed E-state index contributed by atoms with van der Waals surface area (Å²) in [5, 5.41) is 10.6. The molecule has 0 bridgehead atoms. The topological polar surface area (TPSA) is 70.8 Å². The molecule has 86 valence electrons. The molecule has 0 aromatic heterocycles. The van der Waals surface area contributed by atoms with E-state index in [1.54, 1.807) is 6.92 Å². The van der Waals surface area contributed by atoms with Gasteiger partial charge in [0.25, 0.3) is 5.69 Å². The Morgan fingerprint density at radius 2 is 2.12 bits per heavy atom. The molecule has 0 radical (unpaired) electrons. The van der Waals surface area contributed by atoms with Crippen LogP contribution >= 0.6 is 0 Å². The molecule has 0 N–H and O–H groups in total. The maximum absolute atomic E-state index is 10.6. The number of hydrogen-bond donors (Lipinski definition) is 0. The molecule has 0 saturated carbocycles. The summed E-state index contributed by atoms with van der Waals surface area (Å²) < 4.78 is 16.0. The van der Waals surface area contributed by atoms with Crippen LogP contribution in [0.15, 0.2) is 18.2 Å². The van der Waals surface area contributed by atoms with Gasteiger partial charge in [0.1, 0.15) is 0 Å². The minimum Gasteiger partial charge on any atom is -0.426 e. The second kappa shape index (κ2) is 3.64. The maximum atomic E-state index is 10.6. The molecule has 16 heavy (non-hydrogen) atoms. The maximum Gasteiger partial charge on any atom is 0.368 e. The number of ether oxygens (including phenoxy) is 3. The van der Waals surface area contributed by atoms with E-state index < -0.39 is 10.9 Å². The molecule has 1 atom stereocenters. The number of hydrogen-bond acceptors (Lipinski definition) is 5. The molecule has 1 aliphatic rings. The number of nitro benzene ring substituents is 1. The zero-order valence-corrected chi connectivity index (χ0v) is 8.93. The summed E-state index contributed by atoms with van der Waals surface area (Å²) in [5.41, 5.74) is -0.0388. The van der Waals surface area contributed by atoms with Crippen molar-refractivity contribution in [1.29, 1.82) is 0 Å². The standard InChI is InChI=1S/C10H11NO5/c1-3-14-10(2)15-8-5-4-7(11(12)13)6-9(8)16-10/h4-6H,3H2,1-2H3. The van der Waals surface area contributed by atoms with Crippen LogP contribution in [0.3, 0.4) is 0 Å². The van der Waals surface area contributed by atoms with Crippen molar-refractivity contribution in [2.24, 2.45) is 0 Å². The van der Waals surface area contributed by atoms with Gasteiger partial charge in [-0.25, -0.2) is 0 Å². The van der Waals surface area contributed by atoms with Gasteiger partial charge >= 0.3 is 5.97 Å². The summed E-state index contributed by atoms with van der Waals surface area (Å²) in [4.78, 5) is 10.1. The van der Waals surface area contributed by atoms with E-state index in [2.05, 4.69) is 0 Å². The average molecular weight is 225 g/mol. The summed E-state index contributed by atoms with van der Waals surface area (Å²) in [7, 11) is 0. The zero-order valence-electron chi connectivity index (χ0n) is 8.93. The first-order chi connectivity index (χ1) is 7.54. The van der Waals surface area contributed by atoms with Crippen LogP contribution in [0.2, 0.25) is 0 Å². The first kappa shape index (κ1) is 10.7. The number of rotatable bonds is 3. The second-order valence-electron chi connectivity index (χ2n) is 3.39. The summed E-state index contributed by atoms with van der Waals surface area (Å²) in [6, 6.07) is 4.18. The molecular weight excluding hydrogens is 214 g/mol. The van der Waals surface area contributed by atoms with Crippen LogP contribution in [-0.4, -0.2) is 17.5 Å². The molecule has 1 aromatic rings. The third kappa shape index (κ3) is 1.79. The Balaban J connectivity index is 2.27. The average Bonchev–Trinajstić information content (AvgIpc) is 2.52. The van der Waals surface area contributed by atoms with Crippen LogP contribution < -0.4 is 9.47 Å². The van der Waals surface area contributed by atoms with Gasteiger partial charge in [-0.15, -0.1) is 0 Å². The molecule has 6 heteroatoms. The van der Waals surface area contributed by atoms with E-state index in [0.717, 1.165) is 0 Å². The minimum absolute atomic E-state index is 0.0388. The van der Waals surface area contributed by atoms with Crippen LogP contribution in [0.5, 0.6) is 11.5 Å². The number of benzene rings is 1. The molecule has 0 fully saturated rings. The summed E-state index contributed by atoms with van der Waals surface area (Å²) in [6.07, 6.45) is 0. The van der Waals surface area contributed by atoms with Crippen molar-refractivity contribution in [2.75, 3.05) is 6.61 Å². The summed E-state index contributed by atoms with van der Waals surface area (Å²) >= 11 is 0. The molecule has 2 rings (SSSR count). The third-order valence-electron chi connectivity index (χ3n) is 2.14. The van der Waals surface area contributed by atoms with Crippen LogP contribution in [0.1, 0.15) is 13.8 Å². The van der Waals surface area contributed by atoms with Gasteiger partial charge in [0.05, 0.1) is 17.6 Å². The van der Waals surface area contributed by atoms with E-state index in [4.69, 9.17) is 14.2 Å². The van der Waals surface area contributed by atoms with E-state index in [9.17, 15) is 10.1 Å². The molecule has 1 aromatic carbocycles. The molecule has 1 heterocycles. The molecular formula is C10H11NO5. The lowest BCUT2D eigenvalue weighted by Gasteiger charge is -2.21. The summed E-state index contributed by atoms with van der Waals surface area (Å²) in [5.74, 6) is -0.418. The third-order valence-corrected chi connectivity index (χ3v) is 2.14. The Hall–Kier alpha value is -1.82. The van der Waals surface area contributed by atoms with Crippen molar-refractivity contribution in [1.82, 2.24) is 0 Å². The van der Waals surface area contributed by atoms with Crippen molar-refractivity contribution in [3.8, 4) is 11.5 Å². The van der Waals surface area contributed by atoms with Crippen molar-refractivity contribution >= 4 is 5.69 Å². The largest absolute Gasteiger partial charge is 0.426 e. The van der Waals surface area contributed by atoms with E-state index >= 15 is 0 Å². The summed E-state index contributed by atoms with van der Waals surface area (Å²) in [6.45, 7) is 3.85. The Labute approximate surface area is 91.9 Å². The molecule has 0 aliphatic carbocycles. The lowest BCUT2D eigenvalue weighted by atomic mass is 10.3. The first-order valence-corrected chi connectivity index (χ1v) is 4.84. The fourth-order valence-electron chi connectivity index (χ4n) is 1.52. The SMILES string of the molecule is CCOC1(C)Oc2ccc([N+](=O)[O-])cc2O1. The fourth-order valence-corrected chi connectivity index (χ4v) is 1.52. The van der Waals surface area contributed by atoms with Gasteiger partial charge in [0, 0.05) is 13.0 Å². The van der Waals surface area contributed by atoms with E-state index in [1.807, 2.05) is 6.92 Å². The quantitative estimate of drug-likeness (QED) is 0.581. The normalized spacial score (nSPS) is 22.1.